The first kappa shape index (κ1) is 14.2. The number of carbonyl (C=O) groups is 2. The first-order valence-corrected chi connectivity index (χ1v) is 6.56. The molecule has 0 aromatic rings. The van der Waals surface area contributed by atoms with Crippen LogP contribution in [0.2, 0.25) is 0 Å². The van der Waals surface area contributed by atoms with E-state index in [1.807, 2.05) is 13.8 Å². The van der Waals surface area contributed by atoms with Crippen LogP contribution < -0.4 is 5.32 Å². The standard InChI is InChI=1S/C12H19BrN2O2/c1-7(2)5-10-12(17)15(6-8(3)13)9(4)11(16)14-10/h7,9-10H,3,5-6H2,1-2,4H3,(H,14,16). The van der Waals surface area contributed by atoms with Gasteiger partial charge in [0.25, 0.3) is 0 Å². The Morgan fingerprint density at radius 3 is 2.59 bits per heavy atom. The Morgan fingerprint density at radius 1 is 1.53 bits per heavy atom. The molecule has 1 heterocycles. The quantitative estimate of drug-likeness (QED) is 0.858. The van der Waals surface area contributed by atoms with Gasteiger partial charge >= 0.3 is 0 Å². The van der Waals surface area contributed by atoms with Gasteiger partial charge in [-0.05, 0) is 19.3 Å². The summed E-state index contributed by atoms with van der Waals surface area (Å²) in [5, 5.41) is 2.78. The lowest BCUT2D eigenvalue weighted by Gasteiger charge is -2.37. The summed E-state index contributed by atoms with van der Waals surface area (Å²) in [7, 11) is 0. The molecule has 2 atom stereocenters. The van der Waals surface area contributed by atoms with E-state index in [4.69, 9.17) is 0 Å². The van der Waals surface area contributed by atoms with Crippen molar-refractivity contribution in [3.63, 3.8) is 0 Å². The van der Waals surface area contributed by atoms with E-state index in [1.165, 1.54) is 0 Å². The highest BCUT2D eigenvalue weighted by atomic mass is 79.9. The van der Waals surface area contributed by atoms with Crippen molar-refractivity contribution in [1.82, 2.24) is 10.2 Å². The predicted molar refractivity (Wildman–Crippen MR) is 70.6 cm³/mol. The van der Waals surface area contributed by atoms with Crippen LogP contribution in [0.5, 0.6) is 0 Å². The average Bonchev–Trinajstić information content (AvgIpc) is 2.20. The Morgan fingerprint density at radius 2 is 2.12 bits per heavy atom. The molecule has 1 saturated heterocycles. The summed E-state index contributed by atoms with van der Waals surface area (Å²) in [6.45, 7) is 9.89. The molecule has 0 aromatic carbocycles. The fourth-order valence-electron chi connectivity index (χ4n) is 1.92. The number of rotatable bonds is 4. The van der Waals surface area contributed by atoms with Crippen molar-refractivity contribution in [3.05, 3.63) is 11.1 Å². The van der Waals surface area contributed by atoms with Gasteiger partial charge in [-0.25, -0.2) is 0 Å². The van der Waals surface area contributed by atoms with Crippen LogP contribution in [0.4, 0.5) is 0 Å². The molecule has 0 saturated carbocycles. The van der Waals surface area contributed by atoms with Gasteiger partial charge in [0.05, 0.1) is 6.54 Å². The number of hydrogen-bond donors (Lipinski definition) is 1. The van der Waals surface area contributed by atoms with Crippen LogP contribution >= 0.6 is 15.9 Å². The second-order valence-electron chi connectivity index (χ2n) is 4.85. The van der Waals surface area contributed by atoms with Gasteiger partial charge in [-0.15, -0.1) is 0 Å². The molecule has 2 unspecified atom stereocenters. The molecule has 1 rings (SSSR count). The van der Waals surface area contributed by atoms with Gasteiger partial charge in [0.2, 0.25) is 11.8 Å². The van der Waals surface area contributed by atoms with Gasteiger partial charge in [-0.3, -0.25) is 9.59 Å². The van der Waals surface area contributed by atoms with Crippen molar-refractivity contribution in [2.24, 2.45) is 5.92 Å². The summed E-state index contributed by atoms with van der Waals surface area (Å²) < 4.78 is 0.704. The lowest BCUT2D eigenvalue weighted by atomic mass is 9.99. The number of amides is 2. The van der Waals surface area contributed by atoms with E-state index in [0.29, 0.717) is 23.4 Å². The molecular formula is C12H19BrN2O2. The normalized spacial score (nSPS) is 25.1. The lowest BCUT2D eigenvalue weighted by molar-refractivity contribution is -0.148. The van der Waals surface area contributed by atoms with Crippen LogP contribution in [0.15, 0.2) is 11.1 Å². The molecule has 5 heteroatoms. The smallest absolute Gasteiger partial charge is 0.246 e. The van der Waals surface area contributed by atoms with Gasteiger partial charge in [0, 0.05) is 4.48 Å². The molecule has 0 aromatic heterocycles. The summed E-state index contributed by atoms with van der Waals surface area (Å²) in [6, 6.07) is -0.828. The Labute approximate surface area is 111 Å². The van der Waals surface area contributed by atoms with E-state index in [-0.39, 0.29) is 11.8 Å². The molecular weight excluding hydrogens is 284 g/mol. The van der Waals surface area contributed by atoms with E-state index < -0.39 is 12.1 Å². The maximum absolute atomic E-state index is 12.2. The molecule has 0 spiro atoms. The number of hydrogen-bond acceptors (Lipinski definition) is 2. The van der Waals surface area contributed by atoms with Crippen molar-refractivity contribution in [3.8, 4) is 0 Å². The number of halogens is 1. The van der Waals surface area contributed by atoms with Gasteiger partial charge in [-0.1, -0.05) is 36.4 Å². The molecule has 96 valence electrons. The molecule has 0 bridgehead atoms. The monoisotopic (exact) mass is 302 g/mol. The first-order valence-electron chi connectivity index (χ1n) is 5.77. The molecule has 1 fully saturated rings. The van der Waals surface area contributed by atoms with Crippen molar-refractivity contribution in [2.75, 3.05) is 6.54 Å². The molecule has 1 aliphatic rings. The van der Waals surface area contributed by atoms with Crippen LogP contribution in [-0.2, 0) is 9.59 Å². The summed E-state index contributed by atoms with van der Waals surface area (Å²) in [5.74, 6) is 0.252. The van der Waals surface area contributed by atoms with Crippen molar-refractivity contribution < 1.29 is 9.59 Å². The van der Waals surface area contributed by atoms with Crippen LogP contribution in [0, 0.1) is 5.92 Å². The van der Waals surface area contributed by atoms with Gasteiger partial charge in [0.15, 0.2) is 0 Å². The number of nitrogens with zero attached hydrogens (tertiary/aromatic N) is 1. The van der Waals surface area contributed by atoms with E-state index in [9.17, 15) is 9.59 Å². The maximum atomic E-state index is 12.2. The summed E-state index contributed by atoms with van der Waals surface area (Å²) in [5.41, 5.74) is 0. The highest BCUT2D eigenvalue weighted by molar-refractivity contribution is 9.11. The predicted octanol–water partition coefficient (Wildman–Crippen LogP) is 1.66. The zero-order chi connectivity index (χ0) is 13.2. The van der Waals surface area contributed by atoms with E-state index >= 15 is 0 Å². The second kappa shape index (κ2) is 5.67. The SMILES string of the molecule is C=C(Br)CN1C(=O)C(CC(C)C)NC(=O)C1C. The molecule has 4 nitrogen and oxygen atoms in total. The number of nitrogens with one attached hydrogen (secondary N) is 1. The minimum absolute atomic E-state index is 0.0219. The highest BCUT2D eigenvalue weighted by Crippen LogP contribution is 2.17. The summed E-state index contributed by atoms with van der Waals surface area (Å²) in [6.07, 6.45) is 0.669. The van der Waals surface area contributed by atoms with Crippen molar-refractivity contribution in [1.29, 1.82) is 0 Å². The van der Waals surface area contributed by atoms with Crippen molar-refractivity contribution in [2.45, 2.75) is 39.3 Å². The molecule has 1 aliphatic heterocycles. The summed E-state index contributed by atoms with van der Waals surface area (Å²) in [4.78, 5) is 25.5. The molecule has 17 heavy (non-hydrogen) atoms. The lowest BCUT2D eigenvalue weighted by Crippen LogP contribution is -2.62. The highest BCUT2D eigenvalue weighted by Gasteiger charge is 2.37. The minimum atomic E-state index is -0.430. The third kappa shape index (κ3) is 3.56. The number of piperazine rings is 1. The largest absolute Gasteiger partial charge is 0.343 e. The zero-order valence-corrected chi connectivity index (χ0v) is 12.1. The van der Waals surface area contributed by atoms with Crippen molar-refractivity contribution >= 4 is 27.7 Å². The topological polar surface area (TPSA) is 49.4 Å². The summed E-state index contributed by atoms with van der Waals surface area (Å²) >= 11 is 3.24. The maximum Gasteiger partial charge on any atom is 0.246 e. The molecule has 2 amide bonds. The average molecular weight is 303 g/mol. The Hall–Kier alpha value is -0.840. The second-order valence-corrected chi connectivity index (χ2v) is 5.97. The number of carbonyl (C=O) groups excluding carboxylic acids is 2. The van der Waals surface area contributed by atoms with Gasteiger partial charge in [-0.2, -0.15) is 0 Å². The zero-order valence-electron chi connectivity index (χ0n) is 10.5. The fourth-order valence-corrected chi connectivity index (χ4v) is 2.19. The van der Waals surface area contributed by atoms with Crippen LogP contribution in [-0.4, -0.2) is 35.3 Å². The molecule has 0 radical (unpaired) electrons. The van der Waals surface area contributed by atoms with Crippen LogP contribution in [0.3, 0.4) is 0 Å². The van der Waals surface area contributed by atoms with Gasteiger partial charge < -0.3 is 10.2 Å². The Balaban J connectivity index is 2.83. The fraction of sp³-hybridized carbons (Fsp3) is 0.667. The minimum Gasteiger partial charge on any atom is -0.343 e. The Bertz CT molecular complexity index is 341. The molecule has 1 N–H and O–H groups in total. The Kier molecular flexibility index (Phi) is 4.74. The van der Waals surface area contributed by atoms with E-state index in [1.54, 1.807) is 11.8 Å². The first-order chi connectivity index (χ1) is 7.82. The van der Waals surface area contributed by atoms with E-state index in [2.05, 4.69) is 27.8 Å². The molecule has 0 aliphatic carbocycles. The van der Waals surface area contributed by atoms with Crippen LogP contribution in [0.1, 0.15) is 27.2 Å². The third-order valence-corrected chi connectivity index (χ3v) is 3.04. The third-order valence-electron chi connectivity index (χ3n) is 2.79. The van der Waals surface area contributed by atoms with Crippen LogP contribution in [0.25, 0.3) is 0 Å². The van der Waals surface area contributed by atoms with Gasteiger partial charge in [0.1, 0.15) is 12.1 Å². The van der Waals surface area contributed by atoms with E-state index in [0.717, 1.165) is 0 Å².